The van der Waals surface area contributed by atoms with Crippen LogP contribution in [0.5, 0.6) is 5.75 Å². The fourth-order valence-electron chi connectivity index (χ4n) is 5.21. The van der Waals surface area contributed by atoms with Crippen LogP contribution in [0.25, 0.3) is 33.7 Å². The highest BCUT2D eigenvalue weighted by molar-refractivity contribution is 7.93. The van der Waals surface area contributed by atoms with Crippen LogP contribution in [-0.4, -0.2) is 45.6 Å². The Labute approximate surface area is 279 Å². The van der Waals surface area contributed by atoms with Crippen molar-refractivity contribution in [3.63, 3.8) is 0 Å². The lowest BCUT2D eigenvalue weighted by molar-refractivity contribution is 0.0744. The van der Waals surface area contributed by atoms with E-state index in [1.807, 2.05) is 60.7 Å². The average molecular weight is 666 g/mol. The van der Waals surface area contributed by atoms with Gasteiger partial charge in [-0.15, -0.1) is 0 Å². The number of rotatable bonds is 14. The first kappa shape index (κ1) is 32.7. The van der Waals surface area contributed by atoms with E-state index in [4.69, 9.17) is 23.2 Å². The second kappa shape index (κ2) is 14.7. The zero-order valence-electron chi connectivity index (χ0n) is 26.8. The summed E-state index contributed by atoms with van der Waals surface area (Å²) < 4.78 is 58.3. The van der Waals surface area contributed by atoms with Gasteiger partial charge in [0.15, 0.2) is 0 Å². The first-order chi connectivity index (χ1) is 23.4. The molecular weight excluding hydrogens is 630 g/mol. The Balaban J connectivity index is 1.38. The van der Waals surface area contributed by atoms with Gasteiger partial charge in [0.05, 0.1) is 30.0 Å². The van der Waals surface area contributed by atoms with Crippen molar-refractivity contribution >= 4 is 15.9 Å². The van der Waals surface area contributed by atoms with Crippen LogP contribution in [0.4, 0.5) is 5.88 Å². The van der Waals surface area contributed by atoms with E-state index in [0.29, 0.717) is 40.6 Å². The van der Waals surface area contributed by atoms with E-state index in [2.05, 4.69) is 22.3 Å². The van der Waals surface area contributed by atoms with Gasteiger partial charge in [0.1, 0.15) is 25.4 Å². The molecule has 48 heavy (non-hydrogen) atoms. The summed E-state index contributed by atoms with van der Waals surface area (Å²) in [6.07, 6.45) is 3.08. The second-order valence-corrected chi connectivity index (χ2v) is 12.8. The summed E-state index contributed by atoms with van der Waals surface area (Å²) in [7, 11) is -2.69. The number of hydrogen-bond acceptors (Lipinski definition) is 9. The molecule has 246 valence electrons. The number of hydrogen-bond donors (Lipinski definition) is 0. The van der Waals surface area contributed by atoms with E-state index in [9.17, 15) is 8.42 Å². The maximum absolute atomic E-state index is 14.5. The molecule has 0 aliphatic rings. The predicted octanol–water partition coefficient (Wildman–Crippen LogP) is 7.68. The van der Waals surface area contributed by atoms with Crippen molar-refractivity contribution in [2.75, 3.05) is 31.4 Å². The summed E-state index contributed by atoms with van der Waals surface area (Å²) >= 11 is 0. The fourth-order valence-corrected chi connectivity index (χ4v) is 6.75. The zero-order valence-corrected chi connectivity index (χ0v) is 27.6. The molecule has 0 spiro atoms. The molecule has 0 unspecified atom stereocenters. The van der Waals surface area contributed by atoms with Crippen molar-refractivity contribution < 1.29 is 31.6 Å². The molecule has 2 aromatic heterocycles. The molecule has 0 aliphatic carbocycles. The molecular formula is C37H35N3O7S. The molecule has 0 fully saturated rings. The maximum Gasteiger partial charge on any atom is 0.269 e. The molecule has 0 bridgehead atoms. The largest absolute Gasteiger partial charge is 0.489 e. The van der Waals surface area contributed by atoms with Crippen LogP contribution < -0.4 is 9.04 Å². The number of aromatic nitrogens is 2. The van der Waals surface area contributed by atoms with Crippen LogP contribution in [0.3, 0.4) is 0 Å². The third-order valence-electron chi connectivity index (χ3n) is 7.88. The number of oxazole rings is 1. The number of aryl methyl sites for hydroxylation is 1. The number of methoxy groups -OCH3 is 1. The Morgan fingerprint density at radius 2 is 1.54 bits per heavy atom. The SMILES string of the molecule is COCCOCN(c1onc(C)c1C)S(=O)(=O)c1ccccc1-c1ccc(-c2ncco2)cc1COc1ccc(-c2ccccc2)cc1. The standard InChI is InChI=1S/C37H35N3O7S/c1-26-27(2)39-47-37(26)40(25-44-22-21-43-3)48(41,42)35-12-8-7-11-34(35)33-18-15-30(36-38-19-20-45-36)23-31(33)24-46-32-16-13-29(14-17-32)28-9-5-4-6-10-28/h4-20,23H,21-22,24-25H2,1-3H3. The summed E-state index contributed by atoms with van der Waals surface area (Å²) in [5.74, 6) is 1.19. The van der Waals surface area contributed by atoms with Crippen LogP contribution in [0.2, 0.25) is 0 Å². The minimum atomic E-state index is -4.24. The third kappa shape index (κ3) is 7.03. The number of nitrogens with zero attached hydrogens (tertiary/aromatic N) is 3. The summed E-state index contributed by atoms with van der Waals surface area (Å²) in [6, 6.07) is 30.4. The van der Waals surface area contributed by atoms with Crippen molar-refractivity contribution in [3.05, 3.63) is 126 Å². The summed E-state index contributed by atoms with van der Waals surface area (Å²) in [6.45, 7) is 3.85. The number of ether oxygens (including phenoxy) is 3. The highest BCUT2D eigenvalue weighted by atomic mass is 32.2. The summed E-state index contributed by atoms with van der Waals surface area (Å²) in [5.41, 5.74) is 5.94. The van der Waals surface area contributed by atoms with Crippen LogP contribution >= 0.6 is 0 Å². The van der Waals surface area contributed by atoms with Gasteiger partial charge in [0.2, 0.25) is 11.8 Å². The number of anilines is 1. The normalized spacial score (nSPS) is 11.5. The molecule has 2 heterocycles. The fraction of sp³-hybridized carbons (Fsp3) is 0.189. The highest BCUT2D eigenvalue weighted by Gasteiger charge is 2.33. The quantitative estimate of drug-likeness (QED) is 0.0853. The molecule has 0 radical (unpaired) electrons. The summed E-state index contributed by atoms with van der Waals surface area (Å²) in [5, 5.41) is 4.00. The van der Waals surface area contributed by atoms with Crippen LogP contribution in [0.15, 0.2) is 123 Å². The summed E-state index contributed by atoms with van der Waals surface area (Å²) in [4.78, 5) is 4.36. The van der Waals surface area contributed by atoms with Gasteiger partial charge in [0.25, 0.3) is 10.0 Å². The van der Waals surface area contributed by atoms with Gasteiger partial charge >= 0.3 is 0 Å². The first-order valence-corrected chi connectivity index (χ1v) is 16.7. The molecule has 6 aromatic rings. The average Bonchev–Trinajstić information content (AvgIpc) is 3.78. The Hall–Kier alpha value is -5.23. The van der Waals surface area contributed by atoms with Gasteiger partial charge in [0, 0.05) is 23.8 Å². The molecule has 0 saturated heterocycles. The minimum absolute atomic E-state index is 0.0612. The number of benzene rings is 4. The monoisotopic (exact) mass is 665 g/mol. The Kier molecular flexibility index (Phi) is 10.0. The van der Waals surface area contributed by atoms with Gasteiger partial charge in [-0.05, 0) is 66.4 Å². The van der Waals surface area contributed by atoms with Crippen molar-refractivity contribution in [1.29, 1.82) is 0 Å². The van der Waals surface area contributed by atoms with E-state index in [0.717, 1.165) is 26.6 Å². The van der Waals surface area contributed by atoms with E-state index in [1.54, 1.807) is 51.4 Å². The molecule has 0 saturated carbocycles. The Morgan fingerprint density at radius 3 is 2.25 bits per heavy atom. The smallest absolute Gasteiger partial charge is 0.269 e. The van der Waals surface area contributed by atoms with Crippen LogP contribution in [0, 0.1) is 13.8 Å². The van der Waals surface area contributed by atoms with Crippen LogP contribution in [-0.2, 0) is 26.1 Å². The van der Waals surface area contributed by atoms with E-state index >= 15 is 0 Å². The predicted molar refractivity (Wildman–Crippen MR) is 182 cm³/mol. The molecule has 0 atom stereocenters. The lowest BCUT2D eigenvalue weighted by atomic mass is 9.97. The topological polar surface area (TPSA) is 117 Å². The van der Waals surface area contributed by atoms with Gasteiger partial charge < -0.3 is 23.2 Å². The zero-order chi connectivity index (χ0) is 33.5. The molecule has 0 N–H and O–H groups in total. The third-order valence-corrected chi connectivity index (χ3v) is 9.65. The van der Waals surface area contributed by atoms with Crippen molar-refractivity contribution in [2.24, 2.45) is 0 Å². The van der Waals surface area contributed by atoms with E-state index in [-0.39, 0.29) is 30.7 Å². The molecule has 11 heteroatoms. The van der Waals surface area contributed by atoms with Crippen molar-refractivity contribution in [2.45, 2.75) is 25.3 Å². The van der Waals surface area contributed by atoms with E-state index < -0.39 is 10.0 Å². The van der Waals surface area contributed by atoms with Gasteiger partial charge in [-0.2, -0.15) is 0 Å². The Morgan fingerprint density at radius 1 is 0.812 bits per heavy atom. The maximum atomic E-state index is 14.5. The number of sulfonamides is 1. The second-order valence-electron chi connectivity index (χ2n) is 11.0. The highest BCUT2D eigenvalue weighted by Crippen LogP contribution is 2.37. The molecule has 0 aliphatic heterocycles. The van der Waals surface area contributed by atoms with Crippen LogP contribution in [0.1, 0.15) is 16.8 Å². The van der Waals surface area contributed by atoms with Crippen molar-refractivity contribution in [3.8, 4) is 39.5 Å². The first-order valence-electron chi connectivity index (χ1n) is 15.3. The molecule has 6 rings (SSSR count). The van der Waals surface area contributed by atoms with Gasteiger partial charge in [-0.1, -0.05) is 71.9 Å². The Bertz CT molecular complexity index is 2060. The van der Waals surface area contributed by atoms with Gasteiger partial charge in [-0.25, -0.2) is 17.7 Å². The van der Waals surface area contributed by atoms with Gasteiger partial charge in [-0.3, -0.25) is 0 Å². The lowest BCUT2D eigenvalue weighted by Crippen LogP contribution is -2.34. The molecule has 10 nitrogen and oxygen atoms in total. The van der Waals surface area contributed by atoms with E-state index in [1.165, 1.54) is 6.26 Å². The molecule has 4 aromatic carbocycles. The lowest BCUT2D eigenvalue weighted by Gasteiger charge is -2.24. The molecule has 0 amide bonds. The van der Waals surface area contributed by atoms with Crippen molar-refractivity contribution in [1.82, 2.24) is 10.1 Å². The minimum Gasteiger partial charge on any atom is -0.489 e.